The van der Waals surface area contributed by atoms with Crippen molar-refractivity contribution < 1.29 is 4.52 Å². The van der Waals surface area contributed by atoms with E-state index in [1.165, 1.54) is 0 Å². The Bertz CT molecular complexity index is 521. The van der Waals surface area contributed by atoms with Crippen LogP contribution in [0.5, 0.6) is 0 Å². The summed E-state index contributed by atoms with van der Waals surface area (Å²) in [6, 6.07) is 7.77. The molecular formula is C14H19N3O. The van der Waals surface area contributed by atoms with Crippen LogP contribution in [-0.2, 0) is 0 Å². The minimum Gasteiger partial charge on any atom is -0.337 e. The molecule has 1 aromatic carbocycles. The number of rotatable bonds is 4. The van der Waals surface area contributed by atoms with E-state index in [9.17, 15) is 0 Å². The first-order chi connectivity index (χ1) is 8.63. The fraction of sp³-hybridized carbons (Fsp3) is 0.429. The Hall–Kier alpha value is -1.68. The van der Waals surface area contributed by atoms with E-state index < -0.39 is 0 Å². The summed E-state index contributed by atoms with van der Waals surface area (Å²) in [6.07, 6.45) is 0.989. The van der Waals surface area contributed by atoms with Gasteiger partial charge < -0.3 is 10.3 Å². The van der Waals surface area contributed by atoms with Gasteiger partial charge in [-0.2, -0.15) is 4.98 Å². The highest BCUT2D eigenvalue weighted by Crippen LogP contribution is 2.24. The van der Waals surface area contributed by atoms with Crippen molar-refractivity contribution in [3.63, 3.8) is 0 Å². The molecule has 2 N–H and O–H groups in total. The van der Waals surface area contributed by atoms with E-state index in [-0.39, 0.29) is 6.04 Å². The summed E-state index contributed by atoms with van der Waals surface area (Å²) in [4.78, 5) is 4.41. The summed E-state index contributed by atoms with van der Waals surface area (Å²) in [5, 5.41) is 4.02. The van der Waals surface area contributed by atoms with Gasteiger partial charge in [0, 0.05) is 5.56 Å². The Kier molecular flexibility index (Phi) is 3.77. The summed E-state index contributed by atoms with van der Waals surface area (Å²) in [5.41, 5.74) is 8.20. The van der Waals surface area contributed by atoms with Crippen LogP contribution in [0.1, 0.15) is 37.8 Å². The third-order valence-electron chi connectivity index (χ3n) is 3.37. The maximum Gasteiger partial charge on any atom is 0.244 e. The van der Waals surface area contributed by atoms with Crippen LogP contribution in [0.3, 0.4) is 0 Å². The summed E-state index contributed by atoms with van der Waals surface area (Å²) >= 11 is 0. The van der Waals surface area contributed by atoms with Gasteiger partial charge in [0.1, 0.15) is 0 Å². The summed E-state index contributed by atoms with van der Waals surface area (Å²) in [6.45, 7) is 6.21. The number of nitrogens with zero attached hydrogens (tertiary/aromatic N) is 2. The predicted molar refractivity (Wildman–Crippen MR) is 70.9 cm³/mol. The fourth-order valence-corrected chi connectivity index (χ4v) is 1.80. The van der Waals surface area contributed by atoms with Crippen molar-refractivity contribution >= 4 is 0 Å². The molecule has 1 aromatic heterocycles. The number of nitrogens with two attached hydrogens (primary N) is 1. The van der Waals surface area contributed by atoms with Crippen molar-refractivity contribution in [3.8, 4) is 11.4 Å². The average molecular weight is 245 g/mol. The molecular weight excluding hydrogens is 226 g/mol. The van der Waals surface area contributed by atoms with Crippen molar-refractivity contribution in [2.75, 3.05) is 0 Å². The van der Waals surface area contributed by atoms with Crippen LogP contribution >= 0.6 is 0 Å². The zero-order chi connectivity index (χ0) is 13.1. The van der Waals surface area contributed by atoms with Gasteiger partial charge in [-0.1, -0.05) is 49.7 Å². The summed E-state index contributed by atoms with van der Waals surface area (Å²) < 4.78 is 5.27. The quantitative estimate of drug-likeness (QED) is 0.899. The van der Waals surface area contributed by atoms with Gasteiger partial charge in [0.2, 0.25) is 11.7 Å². The first-order valence-corrected chi connectivity index (χ1v) is 6.28. The van der Waals surface area contributed by atoms with Gasteiger partial charge in [0.15, 0.2) is 0 Å². The predicted octanol–water partition coefficient (Wildman–Crippen LogP) is 3.09. The highest BCUT2D eigenvalue weighted by molar-refractivity contribution is 5.58. The Balaban J connectivity index is 2.29. The van der Waals surface area contributed by atoms with Crippen molar-refractivity contribution in [2.45, 2.75) is 33.2 Å². The molecule has 0 saturated heterocycles. The maximum atomic E-state index is 6.08. The maximum absolute atomic E-state index is 6.08. The molecule has 18 heavy (non-hydrogen) atoms. The monoisotopic (exact) mass is 245 g/mol. The van der Waals surface area contributed by atoms with Gasteiger partial charge in [0.05, 0.1) is 6.04 Å². The lowest BCUT2D eigenvalue weighted by Gasteiger charge is -2.12. The van der Waals surface area contributed by atoms with Crippen LogP contribution in [0.4, 0.5) is 0 Å². The third-order valence-corrected chi connectivity index (χ3v) is 3.37. The Morgan fingerprint density at radius 1 is 1.33 bits per heavy atom. The highest BCUT2D eigenvalue weighted by atomic mass is 16.5. The van der Waals surface area contributed by atoms with Gasteiger partial charge >= 0.3 is 0 Å². The largest absolute Gasteiger partial charge is 0.337 e. The molecule has 96 valence electrons. The summed E-state index contributed by atoms with van der Waals surface area (Å²) in [5.74, 6) is 1.46. The van der Waals surface area contributed by atoms with Gasteiger partial charge in [-0.05, 0) is 18.4 Å². The molecule has 4 heteroatoms. The highest BCUT2D eigenvalue weighted by Gasteiger charge is 2.20. The van der Waals surface area contributed by atoms with E-state index in [0.717, 1.165) is 17.5 Å². The molecule has 0 aliphatic rings. The zero-order valence-electron chi connectivity index (χ0n) is 11.1. The lowest BCUT2D eigenvalue weighted by molar-refractivity contribution is 0.312. The zero-order valence-corrected chi connectivity index (χ0v) is 11.1. The van der Waals surface area contributed by atoms with E-state index in [0.29, 0.717) is 17.6 Å². The minimum absolute atomic E-state index is 0.194. The Morgan fingerprint density at radius 2 is 2.06 bits per heavy atom. The molecule has 0 fully saturated rings. The molecule has 4 nitrogen and oxygen atoms in total. The molecule has 2 unspecified atom stereocenters. The van der Waals surface area contributed by atoms with Crippen molar-refractivity contribution in [1.29, 1.82) is 0 Å². The average Bonchev–Trinajstić information content (AvgIpc) is 2.87. The molecule has 2 aromatic rings. The van der Waals surface area contributed by atoms with Crippen LogP contribution in [-0.4, -0.2) is 10.1 Å². The van der Waals surface area contributed by atoms with Gasteiger partial charge in [-0.25, -0.2) is 0 Å². The number of aryl methyl sites for hydroxylation is 1. The molecule has 2 atom stereocenters. The second-order valence-corrected chi connectivity index (χ2v) is 4.68. The van der Waals surface area contributed by atoms with Crippen LogP contribution in [0.25, 0.3) is 11.4 Å². The lowest BCUT2D eigenvalue weighted by Crippen LogP contribution is -2.18. The molecule has 0 amide bonds. The van der Waals surface area contributed by atoms with Gasteiger partial charge in [-0.3, -0.25) is 0 Å². The topological polar surface area (TPSA) is 64.9 Å². The second-order valence-electron chi connectivity index (χ2n) is 4.68. The number of hydrogen-bond donors (Lipinski definition) is 1. The first-order valence-electron chi connectivity index (χ1n) is 6.28. The van der Waals surface area contributed by atoms with Crippen molar-refractivity contribution in [2.24, 2.45) is 11.7 Å². The van der Waals surface area contributed by atoms with Crippen molar-refractivity contribution in [1.82, 2.24) is 10.1 Å². The minimum atomic E-state index is -0.194. The standard InChI is InChI=1S/C14H19N3O/c1-4-9(2)12(15)14-16-13(17-18-14)11-8-6-5-7-10(11)3/h5-9,12H,4,15H2,1-3H3. The van der Waals surface area contributed by atoms with Crippen LogP contribution in [0.15, 0.2) is 28.8 Å². The normalized spacial score (nSPS) is 14.4. The van der Waals surface area contributed by atoms with Crippen LogP contribution in [0, 0.1) is 12.8 Å². The SMILES string of the molecule is CCC(C)C(N)c1nc(-c2ccccc2C)no1. The molecule has 0 aliphatic carbocycles. The van der Waals surface area contributed by atoms with Crippen LogP contribution in [0.2, 0.25) is 0 Å². The first kappa shape index (κ1) is 12.8. The summed E-state index contributed by atoms with van der Waals surface area (Å²) in [7, 11) is 0. The van der Waals surface area contributed by atoms with E-state index in [4.69, 9.17) is 10.3 Å². The van der Waals surface area contributed by atoms with E-state index in [1.54, 1.807) is 0 Å². The molecule has 0 saturated carbocycles. The number of aromatic nitrogens is 2. The van der Waals surface area contributed by atoms with E-state index in [1.807, 2.05) is 31.2 Å². The van der Waals surface area contributed by atoms with Crippen molar-refractivity contribution in [3.05, 3.63) is 35.7 Å². The van der Waals surface area contributed by atoms with Gasteiger partial charge in [0.25, 0.3) is 0 Å². The van der Waals surface area contributed by atoms with Crippen LogP contribution < -0.4 is 5.73 Å². The second kappa shape index (κ2) is 5.31. The molecule has 0 radical (unpaired) electrons. The molecule has 0 aliphatic heterocycles. The van der Waals surface area contributed by atoms with E-state index >= 15 is 0 Å². The molecule has 0 spiro atoms. The fourth-order valence-electron chi connectivity index (χ4n) is 1.80. The Labute approximate surface area is 107 Å². The number of hydrogen-bond acceptors (Lipinski definition) is 4. The number of benzene rings is 1. The Morgan fingerprint density at radius 3 is 2.72 bits per heavy atom. The molecule has 0 bridgehead atoms. The lowest BCUT2D eigenvalue weighted by atomic mass is 10.0. The van der Waals surface area contributed by atoms with Gasteiger partial charge in [-0.15, -0.1) is 0 Å². The molecule has 1 heterocycles. The van der Waals surface area contributed by atoms with E-state index in [2.05, 4.69) is 24.0 Å². The smallest absolute Gasteiger partial charge is 0.244 e. The molecule has 2 rings (SSSR count). The third kappa shape index (κ3) is 2.43.